The molecule has 2 N–H and O–H groups in total. The van der Waals surface area contributed by atoms with Gasteiger partial charge in [-0.2, -0.15) is 0 Å². The number of nitrogens with one attached hydrogen (secondary N) is 2. The Bertz CT molecular complexity index is 830. The molecule has 0 spiro atoms. The Balaban J connectivity index is 1.55. The van der Waals surface area contributed by atoms with Gasteiger partial charge < -0.3 is 25.0 Å². The highest BCUT2D eigenvalue weighted by molar-refractivity contribution is 5.95. The van der Waals surface area contributed by atoms with Crippen LogP contribution in [0.5, 0.6) is 11.5 Å². The van der Waals surface area contributed by atoms with Crippen LogP contribution in [0.3, 0.4) is 0 Å². The molecule has 1 heterocycles. The largest absolute Gasteiger partial charge is 0.497 e. The Morgan fingerprint density at radius 3 is 2.36 bits per heavy atom. The van der Waals surface area contributed by atoms with Gasteiger partial charge in [0.1, 0.15) is 11.5 Å². The van der Waals surface area contributed by atoms with Crippen molar-refractivity contribution in [1.29, 1.82) is 0 Å². The van der Waals surface area contributed by atoms with Crippen LogP contribution in [0.25, 0.3) is 0 Å². The number of nitrogens with zero attached hydrogens (tertiary/aromatic N) is 1. The number of ether oxygens (including phenoxy) is 2. The van der Waals surface area contributed by atoms with E-state index in [4.69, 9.17) is 9.47 Å². The number of methoxy groups -OCH3 is 2. The summed E-state index contributed by atoms with van der Waals surface area (Å²) in [4.78, 5) is 26.4. The maximum absolute atomic E-state index is 12.4. The lowest BCUT2D eigenvalue weighted by atomic mass is 10.2. The first-order valence-electron chi connectivity index (χ1n) is 9.26. The smallest absolute Gasteiger partial charge is 0.319 e. The maximum atomic E-state index is 12.4. The molecule has 28 heavy (non-hydrogen) atoms. The van der Waals surface area contributed by atoms with E-state index in [1.54, 1.807) is 50.6 Å². The summed E-state index contributed by atoms with van der Waals surface area (Å²) in [6, 6.07) is 12.0. The monoisotopic (exact) mass is 383 g/mol. The second kappa shape index (κ2) is 9.12. The molecule has 3 amide bonds. The van der Waals surface area contributed by atoms with E-state index in [2.05, 4.69) is 10.6 Å². The van der Waals surface area contributed by atoms with Crippen molar-refractivity contribution >= 4 is 17.6 Å². The number of amides is 3. The number of anilines is 1. The Morgan fingerprint density at radius 2 is 1.71 bits per heavy atom. The van der Waals surface area contributed by atoms with Crippen molar-refractivity contribution in [1.82, 2.24) is 10.2 Å². The molecule has 0 radical (unpaired) electrons. The summed E-state index contributed by atoms with van der Waals surface area (Å²) < 4.78 is 10.5. The van der Waals surface area contributed by atoms with Crippen molar-refractivity contribution in [3.63, 3.8) is 0 Å². The Labute approximate surface area is 164 Å². The number of carbonyl (C=O) groups excluding carboxylic acids is 2. The first-order valence-corrected chi connectivity index (χ1v) is 9.26. The van der Waals surface area contributed by atoms with Crippen LogP contribution in [0.15, 0.2) is 42.5 Å². The SMILES string of the molecule is COc1ccc(OC)c(CNC(=O)Nc2ccc(C(=O)N3CCCC3)cc2)c1. The fourth-order valence-electron chi connectivity index (χ4n) is 3.17. The summed E-state index contributed by atoms with van der Waals surface area (Å²) in [5.74, 6) is 1.40. The van der Waals surface area contributed by atoms with Crippen LogP contribution in [-0.2, 0) is 6.54 Å². The number of carbonyl (C=O) groups is 2. The molecule has 0 aliphatic carbocycles. The molecule has 0 unspecified atom stereocenters. The molecule has 2 aromatic carbocycles. The zero-order valence-corrected chi connectivity index (χ0v) is 16.2. The number of hydrogen-bond donors (Lipinski definition) is 2. The summed E-state index contributed by atoms with van der Waals surface area (Å²) >= 11 is 0. The Kier molecular flexibility index (Phi) is 6.37. The highest BCUT2D eigenvalue weighted by Gasteiger charge is 2.19. The molecule has 1 saturated heterocycles. The minimum Gasteiger partial charge on any atom is -0.497 e. The summed E-state index contributed by atoms with van der Waals surface area (Å²) in [5, 5.41) is 5.56. The normalized spacial score (nSPS) is 13.1. The van der Waals surface area contributed by atoms with Crippen LogP contribution < -0.4 is 20.1 Å². The van der Waals surface area contributed by atoms with Gasteiger partial charge in [0.05, 0.1) is 14.2 Å². The van der Waals surface area contributed by atoms with Gasteiger partial charge in [-0.05, 0) is 55.3 Å². The lowest BCUT2D eigenvalue weighted by Crippen LogP contribution is -2.29. The third kappa shape index (κ3) is 4.73. The number of benzene rings is 2. The van der Waals surface area contributed by atoms with E-state index < -0.39 is 0 Å². The summed E-state index contributed by atoms with van der Waals surface area (Å²) in [7, 11) is 3.17. The summed E-state index contributed by atoms with van der Waals surface area (Å²) in [5.41, 5.74) is 2.06. The highest BCUT2D eigenvalue weighted by Crippen LogP contribution is 2.23. The minimum absolute atomic E-state index is 0.0404. The Morgan fingerprint density at radius 1 is 1.00 bits per heavy atom. The van der Waals surface area contributed by atoms with Gasteiger partial charge in [0.2, 0.25) is 0 Å². The number of likely N-dealkylation sites (tertiary alicyclic amines) is 1. The molecule has 0 bridgehead atoms. The topological polar surface area (TPSA) is 79.9 Å². The van der Waals surface area contributed by atoms with Crippen molar-refractivity contribution < 1.29 is 19.1 Å². The fourth-order valence-corrected chi connectivity index (χ4v) is 3.17. The molecule has 148 valence electrons. The van der Waals surface area contributed by atoms with E-state index in [9.17, 15) is 9.59 Å². The lowest BCUT2D eigenvalue weighted by Gasteiger charge is -2.15. The third-order valence-electron chi connectivity index (χ3n) is 4.71. The quantitative estimate of drug-likeness (QED) is 0.802. The van der Waals surface area contributed by atoms with E-state index in [1.165, 1.54) is 0 Å². The predicted molar refractivity (Wildman–Crippen MR) is 107 cm³/mol. The van der Waals surface area contributed by atoms with Crippen molar-refractivity contribution in [2.45, 2.75) is 19.4 Å². The zero-order valence-electron chi connectivity index (χ0n) is 16.2. The minimum atomic E-state index is -0.344. The van der Waals surface area contributed by atoms with Crippen LogP contribution >= 0.6 is 0 Å². The highest BCUT2D eigenvalue weighted by atomic mass is 16.5. The molecule has 0 saturated carbocycles. The van der Waals surface area contributed by atoms with Gasteiger partial charge in [-0.25, -0.2) is 4.79 Å². The first kappa shape index (κ1) is 19.5. The Hall–Kier alpha value is -3.22. The van der Waals surface area contributed by atoms with E-state index in [1.807, 2.05) is 11.0 Å². The lowest BCUT2D eigenvalue weighted by molar-refractivity contribution is 0.0793. The fraction of sp³-hybridized carbons (Fsp3) is 0.333. The average molecular weight is 383 g/mol. The zero-order chi connectivity index (χ0) is 19.9. The van der Waals surface area contributed by atoms with Crippen LogP contribution in [0.1, 0.15) is 28.8 Å². The van der Waals surface area contributed by atoms with E-state index >= 15 is 0 Å². The average Bonchev–Trinajstić information content (AvgIpc) is 3.27. The molecule has 3 rings (SSSR count). The molecule has 0 atom stereocenters. The third-order valence-corrected chi connectivity index (χ3v) is 4.71. The van der Waals surface area contributed by atoms with Gasteiger partial charge in [0.15, 0.2) is 0 Å². The molecular weight excluding hydrogens is 358 g/mol. The first-order chi connectivity index (χ1) is 13.6. The molecule has 2 aromatic rings. The summed E-state index contributed by atoms with van der Waals surface area (Å²) in [6.45, 7) is 1.92. The van der Waals surface area contributed by atoms with E-state index in [0.29, 0.717) is 22.7 Å². The molecule has 1 aliphatic rings. The van der Waals surface area contributed by atoms with Gasteiger partial charge >= 0.3 is 6.03 Å². The number of urea groups is 1. The number of hydrogen-bond acceptors (Lipinski definition) is 4. The summed E-state index contributed by atoms with van der Waals surface area (Å²) in [6.07, 6.45) is 2.12. The van der Waals surface area contributed by atoms with Crippen LogP contribution in [-0.4, -0.2) is 44.1 Å². The van der Waals surface area contributed by atoms with Crippen LogP contribution in [0, 0.1) is 0 Å². The number of rotatable bonds is 6. The standard InChI is InChI=1S/C21H25N3O4/c1-27-18-9-10-19(28-2)16(13-18)14-22-21(26)23-17-7-5-15(6-8-17)20(25)24-11-3-4-12-24/h5-10,13H,3-4,11-12,14H2,1-2H3,(H2,22,23,26). The van der Waals surface area contributed by atoms with Gasteiger partial charge in [0.25, 0.3) is 5.91 Å². The van der Waals surface area contributed by atoms with Crippen molar-refractivity contribution in [3.8, 4) is 11.5 Å². The van der Waals surface area contributed by atoms with Crippen molar-refractivity contribution in [2.24, 2.45) is 0 Å². The molecular formula is C21H25N3O4. The van der Waals surface area contributed by atoms with Gasteiger partial charge in [-0.3, -0.25) is 4.79 Å². The molecule has 7 nitrogen and oxygen atoms in total. The van der Waals surface area contributed by atoms with Crippen molar-refractivity contribution in [2.75, 3.05) is 32.6 Å². The molecule has 1 fully saturated rings. The van der Waals surface area contributed by atoms with Crippen molar-refractivity contribution in [3.05, 3.63) is 53.6 Å². The molecule has 1 aliphatic heterocycles. The van der Waals surface area contributed by atoms with Crippen LogP contribution in [0.4, 0.5) is 10.5 Å². The van der Waals surface area contributed by atoms with Crippen LogP contribution in [0.2, 0.25) is 0 Å². The van der Waals surface area contributed by atoms with Gasteiger partial charge in [0, 0.05) is 36.4 Å². The predicted octanol–water partition coefficient (Wildman–Crippen LogP) is 3.26. The molecule has 7 heteroatoms. The van der Waals surface area contributed by atoms with E-state index in [0.717, 1.165) is 31.5 Å². The second-order valence-electron chi connectivity index (χ2n) is 6.56. The van der Waals surface area contributed by atoms with Gasteiger partial charge in [-0.1, -0.05) is 0 Å². The maximum Gasteiger partial charge on any atom is 0.319 e. The molecule has 0 aromatic heterocycles. The second-order valence-corrected chi connectivity index (χ2v) is 6.56. The van der Waals surface area contributed by atoms with Gasteiger partial charge in [-0.15, -0.1) is 0 Å². The van der Waals surface area contributed by atoms with E-state index in [-0.39, 0.29) is 18.5 Å².